The summed E-state index contributed by atoms with van der Waals surface area (Å²) in [5, 5.41) is 2.93. The first-order valence-electron chi connectivity index (χ1n) is 2.38. The first-order valence-corrected chi connectivity index (χ1v) is 3.15. The Morgan fingerprint density at radius 3 is 2.20 bits per heavy atom. The molecule has 0 saturated heterocycles. The summed E-state index contributed by atoms with van der Waals surface area (Å²) in [6, 6.07) is 0. The normalized spacial score (nSPS) is 12.0. The van der Waals surface area contributed by atoms with Gasteiger partial charge < -0.3 is 0 Å². The van der Waals surface area contributed by atoms with Gasteiger partial charge in [-0.15, -0.1) is 5.10 Å². The maximum Gasteiger partial charge on any atom is 0.436 e. The quantitative estimate of drug-likeness (QED) is 0.591. The molecule has 2 nitrogen and oxygen atoms in total. The molecule has 0 amide bonds. The van der Waals surface area contributed by atoms with Crippen molar-refractivity contribution < 1.29 is 13.2 Å². The van der Waals surface area contributed by atoms with Gasteiger partial charge in [-0.2, -0.15) is 13.2 Å². The Morgan fingerprint density at radius 1 is 1.40 bits per heavy atom. The van der Waals surface area contributed by atoms with E-state index in [4.69, 9.17) is 0 Å². The maximum absolute atomic E-state index is 11.8. The zero-order valence-corrected chi connectivity index (χ0v) is 5.75. The largest absolute Gasteiger partial charge is 0.436 e. The molecule has 0 aromatic carbocycles. The highest BCUT2D eigenvalue weighted by Gasteiger charge is 2.35. The molecule has 0 bridgehead atoms. The Balaban J connectivity index is 3.05. The van der Waals surface area contributed by atoms with Crippen LogP contribution in [0.15, 0.2) is 0 Å². The highest BCUT2D eigenvalue weighted by atomic mass is 32.1. The number of aromatic nitrogens is 2. The van der Waals surface area contributed by atoms with E-state index in [1.807, 2.05) is 0 Å². The fourth-order valence-electron chi connectivity index (χ4n) is 0.492. The molecule has 10 heavy (non-hydrogen) atoms. The van der Waals surface area contributed by atoms with Crippen LogP contribution in [-0.4, -0.2) is 9.59 Å². The van der Waals surface area contributed by atoms with Crippen molar-refractivity contribution in [1.82, 2.24) is 9.59 Å². The number of halogens is 3. The number of rotatable bonds is 0. The third kappa shape index (κ3) is 1.26. The number of aryl methyl sites for hydroxylation is 1. The second kappa shape index (κ2) is 2.19. The average molecular weight is 168 g/mol. The second-order valence-corrected chi connectivity index (χ2v) is 2.63. The van der Waals surface area contributed by atoms with Crippen LogP contribution in [0.2, 0.25) is 0 Å². The predicted molar refractivity (Wildman–Crippen MR) is 29.6 cm³/mol. The lowest BCUT2D eigenvalue weighted by Crippen LogP contribution is -2.06. The van der Waals surface area contributed by atoms with Crippen molar-refractivity contribution in [3.8, 4) is 0 Å². The standard InChI is InChI=1S/C4H3F3N2S/c1-2-3(4(5,6)7)8-9-10-2/h1H3. The van der Waals surface area contributed by atoms with Crippen LogP contribution < -0.4 is 0 Å². The van der Waals surface area contributed by atoms with Crippen molar-refractivity contribution >= 4 is 11.5 Å². The zero-order valence-electron chi connectivity index (χ0n) is 4.94. The third-order valence-corrected chi connectivity index (χ3v) is 1.55. The van der Waals surface area contributed by atoms with Crippen LogP contribution in [0.25, 0.3) is 0 Å². The van der Waals surface area contributed by atoms with E-state index >= 15 is 0 Å². The van der Waals surface area contributed by atoms with E-state index in [0.29, 0.717) is 0 Å². The molecule has 1 aromatic heterocycles. The van der Waals surface area contributed by atoms with Gasteiger partial charge >= 0.3 is 6.18 Å². The summed E-state index contributed by atoms with van der Waals surface area (Å²) < 4.78 is 38.5. The lowest BCUT2D eigenvalue weighted by Gasteiger charge is -2.00. The predicted octanol–water partition coefficient (Wildman–Crippen LogP) is 1.87. The van der Waals surface area contributed by atoms with Gasteiger partial charge in [-0.1, -0.05) is 4.49 Å². The van der Waals surface area contributed by atoms with Gasteiger partial charge in [-0.3, -0.25) is 0 Å². The highest BCUT2D eigenvalue weighted by molar-refractivity contribution is 7.05. The molecule has 1 aromatic rings. The summed E-state index contributed by atoms with van der Waals surface area (Å²) in [5.74, 6) is 0. The Morgan fingerprint density at radius 2 is 2.00 bits per heavy atom. The van der Waals surface area contributed by atoms with Crippen molar-refractivity contribution in [2.75, 3.05) is 0 Å². The molecule has 0 saturated carbocycles. The lowest BCUT2D eigenvalue weighted by molar-refractivity contribution is -0.141. The Bertz CT molecular complexity index is 229. The molecule has 0 aliphatic carbocycles. The molecule has 0 N–H and O–H groups in total. The van der Waals surface area contributed by atoms with Crippen LogP contribution in [0.3, 0.4) is 0 Å². The first kappa shape index (κ1) is 7.46. The third-order valence-electron chi connectivity index (χ3n) is 0.921. The fourth-order valence-corrected chi connectivity index (χ4v) is 0.980. The van der Waals surface area contributed by atoms with Crippen LogP contribution in [0.4, 0.5) is 13.2 Å². The molecule has 0 unspecified atom stereocenters. The van der Waals surface area contributed by atoms with Gasteiger partial charge in [-0.05, 0) is 18.5 Å². The summed E-state index contributed by atoms with van der Waals surface area (Å²) in [5.41, 5.74) is -0.877. The summed E-state index contributed by atoms with van der Waals surface area (Å²) >= 11 is 0.750. The van der Waals surface area contributed by atoms with Crippen LogP contribution in [0.5, 0.6) is 0 Å². The highest BCUT2D eigenvalue weighted by Crippen LogP contribution is 2.30. The Hall–Kier alpha value is -0.650. The smallest absolute Gasteiger partial charge is 0.164 e. The number of alkyl halides is 3. The molecule has 56 valence electrons. The molecular weight excluding hydrogens is 165 g/mol. The van der Waals surface area contributed by atoms with Crippen molar-refractivity contribution in [1.29, 1.82) is 0 Å². The Labute approximate surface area is 58.8 Å². The van der Waals surface area contributed by atoms with Crippen molar-refractivity contribution in [3.63, 3.8) is 0 Å². The van der Waals surface area contributed by atoms with Crippen LogP contribution in [-0.2, 0) is 6.18 Å². The topological polar surface area (TPSA) is 25.8 Å². The van der Waals surface area contributed by atoms with E-state index in [-0.39, 0.29) is 4.88 Å². The van der Waals surface area contributed by atoms with Crippen molar-refractivity contribution in [3.05, 3.63) is 10.6 Å². The van der Waals surface area contributed by atoms with Gasteiger partial charge in [0.15, 0.2) is 5.69 Å². The van der Waals surface area contributed by atoms with Gasteiger partial charge in [-0.25, -0.2) is 0 Å². The van der Waals surface area contributed by atoms with Crippen LogP contribution in [0, 0.1) is 6.92 Å². The summed E-state index contributed by atoms with van der Waals surface area (Å²) in [4.78, 5) is 0.104. The van der Waals surface area contributed by atoms with E-state index in [9.17, 15) is 13.2 Å². The molecule has 0 aliphatic heterocycles. The minimum absolute atomic E-state index is 0.104. The molecule has 0 fully saturated rings. The fraction of sp³-hybridized carbons (Fsp3) is 0.500. The maximum atomic E-state index is 11.8. The lowest BCUT2D eigenvalue weighted by atomic mass is 10.4. The number of hydrogen-bond acceptors (Lipinski definition) is 3. The molecule has 0 radical (unpaired) electrons. The molecular formula is C4H3F3N2S. The number of hydrogen-bond donors (Lipinski definition) is 0. The molecule has 1 rings (SSSR count). The monoisotopic (exact) mass is 168 g/mol. The van der Waals surface area contributed by atoms with Crippen LogP contribution >= 0.6 is 11.5 Å². The minimum Gasteiger partial charge on any atom is -0.164 e. The molecule has 0 spiro atoms. The zero-order chi connectivity index (χ0) is 7.78. The average Bonchev–Trinajstić information content (AvgIpc) is 2.11. The van der Waals surface area contributed by atoms with Gasteiger partial charge in [0.25, 0.3) is 0 Å². The Kier molecular flexibility index (Phi) is 1.63. The van der Waals surface area contributed by atoms with Crippen molar-refractivity contribution in [2.24, 2.45) is 0 Å². The molecule has 0 atom stereocenters. The summed E-state index contributed by atoms with van der Waals surface area (Å²) in [6.07, 6.45) is -4.35. The SMILES string of the molecule is Cc1snnc1C(F)(F)F. The van der Waals surface area contributed by atoms with E-state index in [1.165, 1.54) is 6.92 Å². The summed E-state index contributed by atoms with van der Waals surface area (Å²) in [6.45, 7) is 1.34. The van der Waals surface area contributed by atoms with Gasteiger partial charge in [0.2, 0.25) is 0 Å². The van der Waals surface area contributed by atoms with Gasteiger partial charge in [0.1, 0.15) is 0 Å². The van der Waals surface area contributed by atoms with Crippen LogP contribution in [0.1, 0.15) is 10.6 Å². The van der Waals surface area contributed by atoms with E-state index in [1.54, 1.807) is 0 Å². The van der Waals surface area contributed by atoms with Gasteiger partial charge in [0.05, 0.1) is 4.88 Å². The van der Waals surface area contributed by atoms with E-state index in [0.717, 1.165) is 11.5 Å². The van der Waals surface area contributed by atoms with Crippen molar-refractivity contribution in [2.45, 2.75) is 13.1 Å². The van der Waals surface area contributed by atoms with Gasteiger partial charge in [0, 0.05) is 0 Å². The minimum atomic E-state index is -4.35. The summed E-state index contributed by atoms with van der Waals surface area (Å²) in [7, 11) is 0. The molecule has 1 heterocycles. The molecule has 0 aliphatic rings. The number of nitrogens with zero attached hydrogens (tertiary/aromatic N) is 2. The molecule has 6 heteroatoms. The first-order chi connectivity index (χ1) is 4.52. The van der Waals surface area contributed by atoms with E-state index in [2.05, 4.69) is 9.59 Å². The second-order valence-electron chi connectivity index (χ2n) is 1.68. The van der Waals surface area contributed by atoms with E-state index < -0.39 is 11.9 Å².